The highest BCUT2D eigenvalue weighted by Crippen LogP contribution is 2.19. The van der Waals surface area contributed by atoms with Gasteiger partial charge in [0.2, 0.25) is 0 Å². The fourth-order valence-electron chi connectivity index (χ4n) is 1.63. The van der Waals surface area contributed by atoms with Crippen LogP contribution in [0.5, 0.6) is 0 Å². The van der Waals surface area contributed by atoms with Crippen molar-refractivity contribution in [3.8, 4) is 12.1 Å². The van der Waals surface area contributed by atoms with Gasteiger partial charge < -0.3 is 10.6 Å². The third-order valence-electron chi connectivity index (χ3n) is 2.46. The van der Waals surface area contributed by atoms with Gasteiger partial charge in [-0.2, -0.15) is 10.5 Å². The highest BCUT2D eigenvalue weighted by Gasteiger charge is 2.09. The summed E-state index contributed by atoms with van der Waals surface area (Å²) < 4.78 is 0. The summed E-state index contributed by atoms with van der Waals surface area (Å²) in [5, 5.41) is 23.3. The standard InChI is InChI=1S/C12H10N4/c13-4-9(5-14)6-16-12-2-1-10-7-15-8-11(10)3-12/h1-3,6,15-16H,7-8H2. The minimum atomic E-state index is 0.0682. The number of nitriles is 2. The maximum Gasteiger partial charge on any atom is 0.145 e. The Morgan fingerprint density at radius 1 is 1.25 bits per heavy atom. The topological polar surface area (TPSA) is 71.6 Å². The van der Waals surface area contributed by atoms with Crippen molar-refractivity contribution < 1.29 is 0 Å². The Balaban J connectivity index is 2.16. The zero-order chi connectivity index (χ0) is 11.4. The second-order valence-electron chi connectivity index (χ2n) is 3.51. The van der Waals surface area contributed by atoms with Gasteiger partial charge in [-0.25, -0.2) is 0 Å². The van der Waals surface area contributed by atoms with Gasteiger partial charge in [0.1, 0.15) is 17.7 Å². The predicted octanol–water partition coefficient (Wildman–Crippen LogP) is 1.63. The van der Waals surface area contributed by atoms with Crippen molar-refractivity contribution in [2.45, 2.75) is 13.1 Å². The number of allylic oxidation sites excluding steroid dienone is 1. The van der Waals surface area contributed by atoms with Crippen LogP contribution < -0.4 is 10.6 Å². The second-order valence-corrected chi connectivity index (χ2v) is 3.51. The van der Waals surface area contributed by atoms with E-state index in [2.05, 4.69) is 10.6 Å². The van der Waals surface area contributed by atoms with Crippen LogP contribution in [0.4, 0.5) is 5.69 Å². The van der Waals surface area contributed by atoms with Crippen molar-refractivity contribution >= 4 is 5.69 Å². The number of rotatable bonds is 2. The third-order valence-corrected chi connectivity index (χ3v) is 2.46. The predicted molar refractivity (Wildman–Crippen MR) is 59.9 cm³/mol. The monoisotopic (exact) mass is 210 g/mol. The SMILES string of the molecule is N#CC(C#N)=CNc1ccc2c(c1)CNC2. The van der Waals surface area contributed by atoms with Gasteiger partial charge in [-0.1, -0.05) is 6.07 Å². The molecule has 0 radical (unpaired) electrons. The number of hydrogen-bond acceptors (Lipinski definition) is 4. The number of fused-ring (bicyclic) bond motifs is 1. The van der Waals surface area contributed by atoms with Crippen LogP contribution in [0.3, 0.4) is 0 Å². The zero-order valence-electron chi connectivity index (χ0n) is 8.62. The molecule has 0 fully saturated rings. The normalized spacial score (nSPS) is 12.1. The van der Waals surface area contributed by atoms with Crippen LogP contribution in [0.15, 0.2) is 30.0 Å². The summed E-state index contributed by atoms with van der Waals surface area (Å²) in [7, 11) is 0. The van der Waals surface area contributed by atoms with Crippen molar-refractivity contribution in [1.29, 1.82) is 10.5 Å². The summed E-state index contributed by atoms with van der Waals surface area (Å²) in [6.07, 6.45) is 1.42. The summed E-state index contributed by atoms with van der Waals surface area (Å²) in [6, 6.07) is 9.61. The van der Waals surface area contributed by atoms with E-state index in [1.54, 1.807) is 12.1 Å². The van der Waals surface area contributed by atoms with Crippen LogP contribution in [-0.2, 0) is 13.1 Å². The molecule has 1 heterocycles. The van der Waals surface area contributed by atoms with E-state index in [-0.39, 0.29) is 5.57 Å². The average Bonchev–Trinajstić information content (AvgIpc) is 2.77. The summed E-state index contributed by atoms with van der Waals surface area (Å²) in [4.78, 5) is 0. The molecule has 0 spiro atoms. The van der Waals surface area contributed by atoms with Gasteiger partial charge in [0.25, 0.3) is 0 Å². The molecule has 1 aliphatic heterocycles. The average molecular weight is 210 g/mol. The molecule has 4 nitrogen and oxygen atoms in total. The number of hydrogen-bond donors (Lipinski definition) is 2. The van der Waals surface area contributed by atoms with E-state index in [4.69, 9.17) is 10.5 Å². The lowest BCUT2D eigenvalue weighted by Crippen LogP contribution is -1.99. The zero-order valence-corrected chi connectivity index (χ0v) is 8.62. The van der Waals surface area contributed by atoms with Crippen LogP contribution in [0, 0.1) is 22.7 Å². The van der Waals surface area contributed by atoms with Crippen molar-refractivity contribution in [1.82, 2.24) is 5.32 Å². The van der Waals surface area contributed by atoms with E-state index in [1.807, 2.05) is 18.2 Å². The summed E-state index contributed by atoms with van der Waals surface area (Å²) in [5.74, 6) is 0. The molecule has 0 saturated carbocycles. The lowest BCUT2D eigenvalue weighted by atomic mass is 10.1. The van der Waals surface area contributed by atoms with Gasteiger partial charge in [0, 0.05) is 25.0 Å². The van der Waals surface area contributed by atoms with Crippen LogP contribution >= 0.6 is 0 Å². The molecule has 0 unspecified atom stereocenters. The minimum absolute atomic E-state index is 0.0682. The molecule has 0 aliphatic carbocycles. The van der Waals surface area contributed by atoms with Crippen LogP contribution in [0.2, 0.25) is 0 Å². The molecule has 0 bridgehead atoms. The molecular weight excluding hydrogens is 200 g/mol. The van der Waals surface area contributed by atoms with Crippen molar-refractivity contribution in [3.05, 3.63) is 41.1 Å². The quantitative estimate of drug-likeness (QED) is 0.728. The first-order valence-electron chi connectivity index (χ1n) is 4.93. The van der Waals surface area contributed by atoms with Crippen LogP contribution in [0.1, 0.15) is 11.1 Å². The molecule has 0 aromatic heterocycles. The van der Waals surface area contributed by atoms with Gasteiger partial charge in [0.15, 0.2) is 0 Å². The largest absolute Gasteiger partial charge is 0.360 e. The highest BCUT2D eigenvalue weighted by molar-refractivity contribution is 5.53. The molecule has 0 amide bonds. The van der Waals surface area contributed by atoms with Gasteiger partial charge in [-0.3, -0.25) is 0 Å². The van der Waals surface area contributed by atoms with Gasteiger partial charge in [-0.15, -0.1) is 0 Å². The first-order valence-corrected chi connectivity index (χ1v) is 4.93. The molecule has 0 saturated heterocycles. The van der Waals surface area contributed by atoms with Crippen molar-refractivity contribution in [2.75, 3.05) is 5.32 Å². The first-order chi connectivity index (χ1) is 7.83. The molecule has 1 aromatic rings. The van der Waals surface area contributed by atoms with Crippen molar-refractivity contribution in [2.24, 2.45) is 0 Å². The Morgan fingerprint density at radius 3 is 2.75 bits per heavy atom. The fraction of sp³-hybridized carbons (Fsp3) is 0.167. The van der Waals surface area contributed by atoms with Gasteiger partial charge in [-0.05, 0) is 23.3 Å². The first kappa shape index (κ1) is 10.2. The summed E-state index contributed by atoms with van der Waals surface area (Å²) in [6.45, 7) is 1.78. The van der Waals surface area contributed by atoms with E-state index < -0.39 is 0 Å². The van der Waals surface area contributed by atoms with E-state index in [9.17, 15) is 0 Å². The molecular formula is C12H10N4. The Labute approximate surface area is 93.8 Å². The van der Waals surface area contributed by atoms with Crippen molar-refractivity contribution in [3.63, 3.8) is 0 Å². The van der Waals surface area contributed by atoms with E-state index in [0.717, 1.165) is 18.8 Å². The van der Waals surface area contributed by atoms with E-state index >= 15 is 0 Å². The molecule has 2 rings (SSSR count). The summed E-state index contributed by atoms with van der Waals surface area (Å²) >= 11 is 0. The van der Waals surface area contributed by atoms with Gasteiger partial charge >= 0.3 is 0 Å². The Kier molecular flexibility index (Phi) is 2.86. The second kappa shape index (κ2) is 4.48. The molecule has 1 aromatic carbocycles. The third kappa shape index (κ3) is 2.03. The lowest BCUT2D eigenvalue weighted by molar-refractivity contribution is 0.765. The van der Waals surface area contributed by atoms with Crippen LogP contribution in [-0.4, -0.2) is 0 Å². The minimum Gasteiger partial charge on any atom is -0.360 e. The highest BCUT2D eigenvalue weighted by atomic mass is 14.9. The lowest BCUT2D eigenvalue weighted by Gasteiger charge is -2.03. The van der Waals surface area contributed by atoms with E-state index in [1.165, 1.54) is 17.3 Å². The Bertz CT molecular complexity index is 501. The maximum absolute atomic E-state index is 8.57. The number of anilines is 1. The summed E-state index contributed by atoms with van der Waals surface area (Å²) in [5.41, 5.74) is 3.52. The number of benzene rings is 1. The molecule has 78 valence electrons. The smallest absolute Gasteiger partial charge is 0.145 e. The maximum atomic E-state index is 8.57. The van der Waals surface area contributed by atoms with Gasteiger partial charge in [0.05, 0.1) is 0 Å². The Morgan fingerprint density at radius 2 is 2.00 bits per heavy atom. The Hall–Kier alpha value is -2.30. The molecule has 0 atom stereocenters. The molecule has 16 heavy (non-hydrogen) atoms. The van der Waals surface area contributed by atoms with E-state index in [0.29, 0.717) is 0 Å². The molecule has 2 N–H and O–H groups in total. The fourth-order valence-corrected chi connectivity index (χ4v) is 1.63. The molecule has 1 aliphatic rings. The van der Waals surface area contributed by atoms with Crippen LogP contribution in [0.25, 0.3) is 0 Å². The molecule has 4 heteroatoms. The number of nitrogens with zero attached hydrogens (tertiary/aromatic N) is 2. The number of nitrogens with one attached hydrogen (secondary N) is 2.